The van der Waals surface area contributed by atoms with Crippen LogP contribution in [-0.4, -0.2) is 6.21 Å². The molecule has 0 aromatic carbocycles. The van der Waals surface area contributed by atoms with E-state index in [0.717, 1.165) is 5.57 Å². The Morgan fingerprint density at radius 2 is 1.70 bits per heavy atom. The average molecular weight is 133 g/mol. The number of aliphatic imine (C=N–C) groups is 1. The summed E-state index contributed by atoms with van der Waals surface area (Å²) in [5.41, 5.74) is 0.901. The molecule has 0 bridgehead atoms. The molecule has 52 valence electrons. The van der Waals surface area contributed by atoms with Gasteiger partial charge in [0, 0.05) is 12.4 Å². The Labute approximate surface area is 61.8 Å². The molecule has 0 fully saturated rings. The number of nitrogens with zero attached hydrogens (tertiary/aromatic N) is 1. The molecule has 0 aliphatic heterocycles. The lowest BCUT2D eigenvalue weighted by molar-refractivity contribution is 1.53. The van der Waals surface area contributed by atoms with Crippen molar-refractivity contribution in [2.24, 2.45) is 4.99 Å². The second-order valence-electron chi connectivity index (χ2n) is 1.57. The Morgan fingerprint density at radius 1 is 1.10 bits per heavy atom. The molecule has 0 amide bonds. The molecule has 0 saturated carbocycles. The molecule has 0 heterocycles. The maximum Gasteiger partial charge on any atom is 0.0339 e. The summed E-state index contributed by atoms with van der Waals surface area (Å²) in [6.45, 7) is 10.6. The molecule has 1 nitrogen and oxygen atoms in total. The van der Waals surface area contributed by atoms with E-state index in [1.165, 1.54) is 0 Å². The highest BCUT2D eigenvalue weighted by atomic mass is 14.7. The van der Waals surface area contributed by atoms with Crippen molar-refractivity contribution in [3.63, 3.8) is 0 Å². The van der Waals surface area contributed by atoms with Crippen LogP contribution in [0.15, 0.2) is 54.7 Å². The summed E-state index contributed by atoms with van der Waals surface area (Å²) >= 11 is 0. The van der Waals surface area contributed by atoms with Gasteiger partial charge >= 0.3 is 0 Å². The molecule has 0 aromatic rings. The van der Waals surface area contributed by atoms with Crippen LogP contribution in [-0.2, 0) is 0 Å². The van der Waals surface area contributed by atoms with Gasteiger partial charge in [-0.2, -0.15) is 0 Å². The highest BCUT2D eigenvalue weighted by molar-refractivity contribution is 5.70. The summed E-state index contributed by atoms with van der Waals surface area (Å²) in [6.07, 6.45) is 8.26. The Bertz CT molecular complexity index is 175. The second-order valence-corrected chi connectivity index (χ2v) is 1.57. The summed E-state index contributed by atoms with van der Waals surface area (Å²) in [4.78, 5) is 3.88. The average Bonchev–Trinajstić information content (AvgIpc) is 1.99. The van der Waals surface area contributed by atoms with Crippen LogP contribution >= 0.6 is 0 Å². The predicted molar refractivity (Wildman–Crippen MR) is 47.2 cm³/mol. The first kappa shape index (κ1) is 8.63. The van der Waals surface area contributed by atoms with Crippen molar-refractivity contribution in [3.8, 4) is 0 Å². The van der Waals surface area contributed by atoms with Crippen molar-refractivity contribution >= 4 is 6.21 Å². The third-order valence-corrected chi connectivity index (χ3v) is 0.886. The second kappa shape index (κ2) is 5.76. The van der Waals surface area contributed by atoms with Crippen LogP contribution in [0, 0.1) is 0 Å². The fourth-order valence-corrected chi connectivity index (χ4v) is 0.379. The molecular formula is C9H11N. The summed E-state index contributed by atoms with van der Waals surface area (Å²) in [5.74, 6) is 0. The van der Waals surface area contributed by atoms with Gasteiger partial charge in [-0.1, -0.05) is 38.0 Å². The summed E-state index contributed by atoms with van der Waals surface area (Å²) in [6, 6.07) is 0. The summed E-state index contributed by atoms with van der Waals surface area (Å²) < 4.78 is 0. The van der Waals surface area contributed by atoms with Gasteiger partial charge in [-0.3, -0.25) is 4.99 Å². The Balaban J connectivity index is 4.10. The Hall–Kier alpha value is -1.37. The van der Waals surface area contributed by atoms with Gasteiger partial charge < -0.3 is 0 Å². The fourth-order valence-electron chi connectivity index (χ4n) is 0.379. The number of allylic oxidation sites excluding steroid dienone is 4. The minimum absolute atomic E-state index is 0.901. The zero-order valence-corrected chi connectivity index (χ0v) is 5.96. The van der Waals surface area contributed by atoms with E-state index in [1.807, 2.05) is 0 Å². The zero-order valence-electron chi connectivity index (χ0n) is 5.96. The summed E-state index contributed by atoms with van der Waals surface area (Å²) in [7, 11) is 0. The standard InChI is InChI=1S/C9H11N/c1-4-7-10-8-9(5-2)6-3/h4-8H,1-3H2. The van der Waals surface area contributed by atoms with Crippen LogP contribution in [0.1, 0.15) is 0 Å². The van der Waals surface area contributed by atoms with Crippen LogP contribution < -0.4 is 0 Å². The first-order valence-electron chi connectivity index (χ1n) is 2.94. The van der Waals surface area contributed by atoms with Gasteiger partial charge in [0.1, 0.15) is 0 Å². The minimum Gasteiger partial charge on any atom is -0.264 e. The lowest BCUT2D eigenvalue weighted by Gasteiger charge is -1.84. The quantitative estimate of drug-likeness (QED) is 0.412. The molecule has 0 radical (unpaired) electrons. The third-order valence-electron chi connectivity index (χ3n) is 0.886. The van der Waals surface area contributed by atoms with Crippen molar-refractivity contribution in [1.82, 2.24) is 0 Å². The van der Waals surface area contributed by atoms with Crippen molar-refractivity contribution in [1.29, 1.82) is 0 Å². The first-order chi connectivity index (χ1) is 4.85. The number of hydrogen-bond donors (Lipinski definition) is 0. The topological polar surface area (TPSA) is 12.4 Å². The van der Waals surface area contributed by atoms with E-state index in [0.29, 0.717) is 0 Å². The molecule has 0 unspecified atom stereocenters. The molecule has 0 aromatic heterocycles. The van der Waals surface area contributed by atoms with Gasteiger partial charge in [-0.25, -0.2) is 0 Å². The van der Waals surface area contributed by atoms with Crippen molar-refractivity contribution < 1.29 is 0 Å². The summed E-state index contributed by atoms with van der Waals surface area (Å²) in [5, 5.41) is 0. The van der Waals surface area contributed by atoms with Crippen molar-refractivity contribution in [2.75, 3.05) is 0 Å². The number of hydrogen-bond acceptors (Lipinski definition) is 1. The smallest absolute Gasteiger partial charge is 0.0339 e. The van der Waals surface area contributed by atoms with Gasteiger partial charge in [0.25, 0.3) is 0 Å². The van der Waals surface area contributed by atoms with E-state index in [-0.39, 0.29) is 0 Å². The Morgan fingerprint density at radius 3 is 2.10 bits per heavy atom. The third kappa shape index (κ3) is 3.61. The van der Waals surface area contributed by atoms with Gasteiger partial charge in [0.05, 0.1) is 0 Å². The predicted octanol–water partition coefficient (Wildman–Crippen LogP) is 2.50. The molecule has 0 aliphatic carbocycles. The minimum atomic E-state index is 0.901. The van der Waals surface area contributed by atoms with Crippen LogP contribution in [0.3, 0.4) is 0 Å². The molecule has 0 atom stereocenters. The molecule has 0 rings (SSSR count). The molecule has 0 spiro atoms. The lowest BCUT2D eigenvalue weighted by atomic mass is 10.3. The van der Waals surface area contributed by atoms with E-state index in [1.54, 1.807) is 30.6 Å². The molecule has 0 aliphatic rings. The Kier molecular flexibility index (Phi) is 4.97. The maximum absolute atomic E-state index is 3.88. The maximum atomic E-state index is 3.88. The van der Waals surface area contributed by atoms with E-state index >= 15 is 0 Å². The van der Waals surface area contributed by atoms with Crippen LogP contribution in [0.5, 0.6) is 0 Å². The highest BCUT2D eigenvalue weighted by Gasteiger charge is 1.76. The van der Waals surface area contributed by atoms with Crippen LogP contribution in [0.4, 0.5) is 0 Å². The molecule has 1 heteroatoms. The highest BCUT2D eigenvalue weighted by Crippen LogP contribution is 1.95. The van der Waals surface area contributed by atoms with Crippen molar-refractivity contribution in [2.45, 2.75) is 0 Å². The van der Waals surface area contributed by atoms with Gasteiger partial charge in [-0.05, 0) is 5.57 Å². The van der Waals surface area contributed by atoms with Gasteiger partial charge in [0.2, 0.25) is 0 Å². The van der Waals surface area contributed by atoms with E-state index in [4.69, 9.17) is 0 Å². The van der Waals surface area contributed by atoms with E-state index < -0.39 is 0 Å². The van der Waals surface area contributed by atoms with Crippen molar-refractivity contribution in [3.05, 3.63) is 49.7 Å². The van der Waals surface area contributed by atoms with Gasteiger partial charge in [-0.15, -0.1) is 0 Å². The SMILES string of the molecule is C=CC=NC=C(C=C)C=C. The zero-order chi connectivity index (χ0) is 7.82. The molecule has 0 N–H and O–H groups in total. The van der Waals surface area contributed by atoms with Crippen LogP contribution in [0.25, 0.3) is 0 Å². The largest absolute Gasteiger partial charge is 0.264 e. The lowest BCUT2D eigenvalue weighted by Crippen LogP contribution is -1.66. The monoisotopic (exact) mass is 133 g/mol. The molecular weight excluding hydrogens is 122 g/mol. The normalized spacial score (nSPS) is 8.80. The van der Waals surface area contributed by atoms with E-state index in [9.17, 15) is 0 Å². The number of rotatable bonds is 4. The van der Waals surface area contributed by atoms with Crippen LogP contribution in [0.2, 0.25) is 0 Å². The van der Waals surface area contributed by atoms with E-state index in [2.05, 4.69) is 24.7 Å². The molecule has 10 heavy (non-hydrogen) atoms. The first-order valence-corrected chi connectivity index (χ1v) is 2.94. The fraction of sp³-hybridized carbons (Fsp3) is 0. The molecule has 0 saturated heterocycles. The van der Waals surface area contributed by atoms with Gasteiger partial charge in [0.15, 0.2) is 0 Å².